The van der Waals surface area contributed by atoms with Gasteiger partial charge in [-0.05, 0) is 62.8 Å². The van der Waals surface area contributed by atoms with Gasteiger partial charge in [-0.3, -0.25) is 28.8 Å². The van der Waals surface area contributed by atoms with E-state index in [-0.39, 0.29) is 49.9 Å². The predicted octanol–water partition coefficient (Wildman–Crippen LogP) is 3.42. The lowest BCUT2D eigenvalue weighted by Gasteiger charge is -2.45. The van der Waals surface area contributed by atoms with Crippen molar-refractivity contribution in [2.24, 2.45) is 0 Å². The number of hydrogen-bond acceptors (Lipinski definition) is 12. The first kappa shape index (κ1) is 53.6. The molecule has 3 heterocycles. The minimum atomic E-state index is -1.56. The Kier molecular flexibility index (Phi) is 18.4. The number of pyridine rings is 1. The molecule has 2 aromatic carbocycles. The third-order valence-corrected chi connectivity index (χ3v) is 14.1. The maximum Gasteiger partial charge on any atom is 0.336 e. The summed E-state index contributed by atoms with van der Waals surface area (Å²) in [7, 11) is 11.6. The maximum absolute atomic E-state index is 15.3. The van der Waals surface area contributed by atoms with Gasteiger partial charge in [-0.2, -0.15) is 0 Å². The summed E-state index contributed by atoms with van der Waals surface area (Å²) in [6, 6.07) is 15.8. The molecule has 0 saturated carbocycles. The molecule has 18 heteroatoms. The van der Waals surface area contributed by atoms with Gasteiger partial charge in [0.1, 0.15) is 36.0 Å². The minimum absolute atomic E-state index is 0.000472. The molecular formula is C51H69N7O11. The van der Waals surface area contributed by atoms with E-state index < -0.39 is 83.3 Å². The normalized spacial score (nSPS) is 19.5. The van der Waals surface area contributed by atoms with E-state index >= 15 is 4.79 Å². The van der Waals surface area contributed by atoms with Crippen LogP contribution in [0.4, 0.5) is 0 Å². The third kappa shape index (κ3) is 11.2. The molecule has 18 nitrogen and oxygen atoms in total. The zero-order chi connectivity index (χ0) is 50.7. The molecule has 374 valence electrons. The molecule has 0 unspecified atom stereocenters. The zero-order valence-corrected chi connectivity index (χ0v) is 41.8. The second-order valence-electron chi connectivity index (χ2n) is 17.8. The quantitative estimate of drug-likeness (QED) is 0.160. The van der Waals surface area contributed by atoms with Crippen molar-refractivity contribution < 1.29 is 52.5 Å². The molecule has 2 saturated heterocycles. The van der Waals surface area contributed by atoms with E-state index in [2.05, 4.69) is 4.98 Å². The highest BCUT2D eigenvalue weighted by molar-refractivity contribution is 6.00. The second kappa shape index (κ2) is 23.7. The van der Waals surface area contributed by atoms with E-state index in [1.165, 1.54) is 85.1 Å². The summed E-state index contributed by atoms with van der Waals surface area (Å²) < 4.78 is 21.9. The first-order valence-corrected chi connectivity index (χ1v) is 23.3. The van der Waals surface area contributed by atoms with E-state index in [1.54, 1.807) is 70.3 Å². The maximum atomic E-state index is 15.3. The number of nitrogens with zero attached hydrogens (tertiary/aromatic N) is 7. The number of amides is 6. The van der Waals surface area contributed by atoms with Crippen LogP contribution in [0.2, 0.25) is 0 Å². The number of aromatic nitrogens is 1. The van der Waals surface area contributed by atoms with Gasteiger partial charge in [-0.25, -0.2) is 9.78 Å². The Hall–Kier alpha value is -6.40. The molecule has 0 spiro atoms. The SMILES string of the molecule is CC[C@H](C(=O)N1CCC[C@H]1C(=O)N(C)[C@@H](Cc1ccccc1)C(=O)N1CC[C@@H](OC)C[C@H]1C(=O)N(C)[C@@](C)(C(=O)OC)c1ccccc1)N(C)C(=O)[C@H]([C@@H](C)OC)N(C)C(=O)c1ncccc1OC. The van der Waals surface area contributed by atoms with Crippen LogP contribution < -0.4 is 4.74 Å². The van der Waals surface area contributed by atoms with Crippen molar-refractivity contribution in [2.45, 2.75) is 107 Å². The molecule has 69 heavy (non-hydrogen) atoms. The molecule has 0 N–H and O–H groups in total. The first-order chi connectivity index (χ1) is 32.9. The van der Waals surface area contributed by atoms with Crippen molar-refractivity contribution in [3.63, 3.8) is 0 Å². The van der Waals surface area contributed by atoms with Gasteiger partial charge in [0, 0.05) is 74.5 Å². The number of hydrogen-bond donors (Lipinski definition) is 0. The van der Waals surface area contributed by atoms with Crippen molar-refractivity contribution in [1.29, 1.82) is 0 Å². The summed E-state index contributed by atoms with van der Waals surface area (Å²) >= 11 is 0. The summed E-state index contributed by atoms with van der Waals surface area (Å²) in [5, 5.41) is 0. The van der Waals surface area contributed by atoms with Gasteiger partial charge >= 0.3 is 5.97 Å². The van der Waals surface area contributed by atoms with Crippen LogP contribution in [-0.2, 0) is 54.9 Å². The molecule has 6 amide bonds. The molecule has 2 aliphatic rings. The minimum Gasteiger partial charge on any atom is -0.494 e. The highest BCUT2D eigenvalue weighted by Gasteiger charge is 2.50. The summed E-state index contributed by atoms with van der Waals surface area (Å²) in [4.78, 5) is 114. The van der Waals surface area contributed by atoms with Crippen LogP contribution in [0.15, 0.2) is 79.0 Å². The lowest BCUT2D eigenvalue weighted by Crippen LogP contribution is -2.63. The number of likely N-dealkylation sites (N-methyl/N-ethyl adjacent to an activating group) is 4. The largest absolute Gasteiger partial charge is 0.494 e. The molecule has 1 aromatic heterocycles. The van der Waals surface area contributed by atoms with Crippen molar-refractivity contribution in [2.75, 3.05) is 69.7 Å². The monoisotopic (exact) mass is 956 g/mol. The average Bonchev–Trinajstić information content (AvgIpc) is 3.89. The fourth-order valence-electron chi connectivity index (χ4n) is 9.58. The van der Waals surface area contributed by atoms with Gasteiger partial charge in [0.15, 0.2) is 11.2 Å². The Morgan fingerprint density at radius 3 is 1.97 bits per heavy atom. The first-order valence-electron chi connectivity index (χ1n) is 23.3. The van der Waals surface area contributed by atoms with Crippen molar-refractivity contribution >= 4 is 41.4 Å². The summed E-state index contributed by atoms with van der Waals surface area (Å²) in [6.07, 6.45) is 1.88. The molecule has 2 fully saturated rings. The van der Waals surface area contributed by atoms with E-state index in [4.69, 9.17) is 18.9 Å². The number of piperidine rings is 1. The molecule has 0 bridgehead atoms. The molecule has 2 aliphatic heterocycles. The van der Waals surface area contributed by atoms with Gasteiger partial charge in [0.2, 0.25) is 29.5 Å². The standard InChI is InChI=1S/C51H69N7O11/c1-12-37(53(4)49(64)43(33(2)66-8)55(6)48(63)42-41(68-10)26-19-28-52-42)46(61)57-29-20-25-38(57)44(59)54(5)39(31-34-21-15-13-16-22-34)47(62)58-30-27-36(67-9)32-40(58)45(60)56(7)51(3,50(65)69-11)35-23-17-14-18-24-35/h13-19,21-24,26,28,33,36-40,43H,12,20,25,27,29-32H2,1-11H3/t33-,36-,37-,38+,39+,40+,43+,51-/m1/s1. The smallest absolute Gasteiger partial charge is 0.336 e. The van der Waals surface area contributed by atoms with Gasteiger partial charge in [0.25, 0.3) is 5.91 Å². The number of methoxy groups -OCH3 is 4. The number of likely N-dealkylation sites (tertiary alicyclic amines) is 2. The number of benzene rings is 2. The van der Waals surface area contributed by atoms with Crippen LogP contribution in [0.25, 0.3) is 0 Å². The number of rotatable bonds is 19. The van der Waals surface area contributed by atoms with Crippen LogP contribution in [0.1, 0.15) is 74.5 Å². The van der Waals surface area contributed by atoms with Crippen molar-refractivity contribution in [3.05, 3.63) is 95.8 Å². The van der Waals surface area contributed by atoms with E-state index in [0.29, 0.717) is 24.8 Å². The van der Waals surface area contributed by atoms with Crippen LogP contribution in [-0.4, -0.2) is 188 Å². The van der Waals surface area contributed by atoms with Gasteiger partial charge in [-0.1, -0.05) is 67.6 Å². The molecular weight excluding hydrogens is 887 g/mol. The molecule has 5 rings (SSSR count). The van der Waals surface area contributed by atoms with Crippen molar-refractivity contribution in [3.8, 4) is 5.75 Å². The summed E-state index contributed by atoms with van der Waals surface area (Å²) in [5.41, 5.74) is -0.281. The van der Waals surface area contributed by atoms with Crippen LogP contribution in [0.5, 0.6) is 5.75 Å². The lowest BCUT2D eigenvalue weighted by molar-refractivity contribution is -0.166. The Balaban J connectivity index is 1.44. The Bertz CT molecular complexity index is 2290. The van der Waals surface area contributed by atoms with Gasteiger partial charge in [0.05, 0.1) is 26.4 Å². The van der Waals surface area contributed by atoms with Crippen LogP contribution in [0.3, 0.4) is 0 Å². The highest BCUT2D eigenvalue weighted by atomic mass is 16.5. The lowest BCUT2D eigenvalue weighted by atomic mass is 9.88. The molecule has 3 aromatic rings. The Morgan fingerprint density at radius 1 is 0.754 bits per heavy atom. The number of ether oxygens (including phenoxy) is 4. The topological polar surface area (TPSA) is 189 Å². The van der Waals surface area contributed by atoms with Crippen LogP contribution >= 0.6 is 0 Å². The molecule has 0 radical (unpaired) electrons. The highest BCUT2D eigenvalue weighted by Crippen LogP contribution is 2.33. The van der Waals surface area contributed by atoms with Crippen LogP contribution in [0, 0.1) is 0 Å². The van der Waals surface area contributed by atoms with Gasteiger partial charge < -0.3 is 48.3 Å². The van der Waals surface area contributed by atoms with E-state index in [1.807, 2.05) is 30.3 Å². The fraction of sp³-hybridized carbons (Fsp3) is 0.529. The second-order valence-corrected chi connectivity index (χ2v) is 17.8. The zero-order valence-electron chi connectivity index (χ0n) is 41.8. The van der Waals surface area contributed by atoms with E-state index in [9.17, 15) is 28.8 Å². The Labute approximate surface area is 405 Å². The Morgan fingerprint density at radius 2 is 1.38 bits per heavy atom. The summed E-state index contributed by atoms with van der Waals surface area (Å²) in [6.45, 7) is 5.36. The van der Waals surface area contributed by atoms with Gasteiger partial charge in [-0.15, -0.1) is 0 Å². The summed E-state index contributed by atoms with van der Waals surface area (Å²) in [5.74, 6) is -3.54. The predicted molar refractivity (Wildman–Crippen MR) is 256 cm³/mol. The average molecular weight is 956 g/mol. The third-order valence-electron chi connectivity index (χ3n) is 14.1. The molecule has 8 atom stereocenters. The number of carbonyl (C=O) groups excluding carboxylic acids is 7. The number of carbonyl (C=O) groups is 7. The number of esters is 1. The fourth-order valence-corrected chi connectivity index (χ4v) is 9.58. The van der Waals surface area contributed by atoms with Crippen molar-refractivity contribution in [1.82, 2.24) is 34.4 Å². The van der Waals surface area contributed by atoms with E-state index in [0.717, 1.165) is 5.56 Å². The molecule has 0 aliphatic carbocycles.